The Balaban J connectivity index is 2.53. The molecule has 0 aromatic carbocycles. The first-order valence-electron chi connectivity index (χ1n) is 4.15. The number of thioether (sulfide) groups is 1. The van der Waals surface area contributed by atoms with E-state index in [0.717, 1.165) is 5.03 Å². The van der Waals surface area contributed by atoms with Crippen molar-refractivity contribution >= 4 is 17.7 Å². The molecule has 1 amide bonds. The molecule has 5 heteroatoms. The van der Waals surface area contributed by atoms with E-state index in [1.807, 2.05) is 18.2 Å². The monoisotopic (exact) mass is 211 g/mol. The summed E-state index contributed by atoms with van der Waals surface area (Å²) in [6.07, 6.45) is 1.69. The number of hydrogen-bond acceptors (Lipinski definition) is 4. The van der Waals surface area contributed by atoms with Gasteiger partial charge in [-0.15, -0.1) is 11.8 Å². The third-order valence-electron chi connectivity index (χ3n) is 1.72. The molecule has 76 valence electrons. The van der Waals surface area contributed by atoms with Crippen molar-refractivity contribution in [2.75, 3.05) is 5.75 Å². The lowest BCUT2D eigenvalue weighted by atomic mass is 10.1. The van der Waals surface area contributed by atoms with Crippen LogP contribution in [0.15, 0.2) is 29.4 Å². The number of carbonyl (C=O) groups excluding carboxylic acids is 1. The minimum Gasteiger partial charge on any atom is -0.368 e. The summed E-state index contributed by atoms with van der Waals surface area (Å²) in [5, 5.41) is 0.838. The average molecular weight is 211 g/mol. The molecule has 0 saturated heterocycles. The molecular weight excluding hydrogens is 198 g/mol. The van der Waals surface area contributed by atoms with E-state index < -0.39 is 11.4 Å². The fourth-order valence-corrected chi connectivity index (χ4v) is 1.63. The van der Waals surface area contributed by atoms with E-state index in [2.05, 4.69) is 4.98 Å². The lowest BCUT2D eigenvalue weighted by molar-refractivity contribution is -0.121. The van der Waals surface area contributed by atoms with Gasteiger partial charge in [-0.3, -0.25) is 4.79 Å². The quantitative estimate of drug-likeness (QED) is 0.705. The Morgan fingerprint density at radius 1 is 1.64 bits per heavy atom. The van der Waals surface area contributed by atoms with Crippen molar-refractivity contribution in [1.82, 2.24) is 4.98 Å². The van der Waals surface area contributed by atoms with E-state index >= 15 is 0 Å². The second-order valence-electron chi connectivity index (χ2n) is 3.24. The van der Waals surface area contributed by atoms with E-state index in [0.29, 0.717) is 5.75 Å². The van der Waals surface area contributed by atoms with Crippen LogP contribution in [0.5, 0.6) is 0 Å². The van der Waals surface area contributed by atoms with Crippen LogP contribution in [0.3, 0.4) is 0 Å². The van der Waals surface area contributed by atoms with E-state index in [1.54, 1.807) is 13.1 Å². The molecule has 4 nitrogen and oxygen atoms in total. The van der Waals surface area contributed by atoms with E-state index in [9.17, 15) is 4.79 Å². The molecule has 1 unspecified atom stereocenters. The highest BCUT2D eigenvalue weighted by Gasteiger charge is 2.25. The first-order chi connectivity index (χ1) is 6.52. The van der Waals surface area contributed by atoms with Gasteiger partial charge < -0.3 is 11.5 Å². The summed E-state index contributed by atoms with van der Waals surface area (Å²) in [5.41, 5.74) is 9.84. The largest absolute Gasteiger partial charge is 0.368 e. The molecule has 0 aliphatic carbocycles. The van der Waals surface area contributed by atoms with Crippen LogP contribution in [0.1, 0.15) is 6.92 Å². The molecule has 0 aliphatic heterocycles. The van der Waals surface area contributed by atoms with Gasteiger partial charge in [-0.25, -0.2) is 4.98 Å². The number of nitrogens with two attached hydrogens (primary N) is 2. The first kappa shape index (κ1) is 11.0. The number of aromatic nitrogens is 1. The Morgan fingerprint density at radius 2 is 2.36 bits per heavy atom. The molecule has 0 saturated carbocycles. The summed E-state index contributed by atoms with van der Waals surface area (Å²) in [7, 11) is 0. The summed E-state index contributed by atoms with van der Waals surface area (Å²) >= 11 is 1.42. The number of pyridine rings is 1. The van der Waals surface area contributed by atoms with Gasteiger partial charge in [0.1, 0.15) is 5.54 Å². The Hall–Kier alpha value is -1.07. The molecule has 1 atom stereocenters. The number of amides is 1. The average Bonchev–Trinajstić information content (AvgIpc) is 2.16. The standard InChI is InChI=1S/C9H13N3OS/c1-9(11,8(10)13)6-14-7-4-2-3-5-12-7/h2-5H,6,11H2,1H3,(H2,10,13). The lowest BCUT2D eigenvalue weighted by Crippen LogP contribution is -2.51. The maximum Gasteiger partial charge on any atom is 0.238 e. The highest BCUT2D eigenvalue weighted by atomic mass is 32.2. The Bertz CT molecular complexity index is 313. The summed E-state index contributed by atoms with van der Waals surface area (Å²) < 4.78 is 0. The SMILES string of the molecule is CC(N)(CSc1ccccn1)C(N)=O. The number of hydrogen-bond donors (Lipinski definition) is 2. The molecule has 1 aromatic heterocycles. The van der Waals surface area contributed by atoms with Gasteiger partial charge in [0.15, 0.2) is 0 Å². The van der Waals surface area contributed by atoms with Crippen LogP contribution in [-0.2, 0) is 4.79 Å². The smallest absolute Gasteiger partial charge is 0.238 e. The van der Waals surface area contributed by atoms with Crippen molar-refractivity contribution in [3.8, 4) is 0 Å². The predicted molar refractivity (Wildman–Crippen MR) is 56.7 cm³/mol. The molecule has 1 heterocycles. The molecule has 0 bridgehead atoms. The number of carbonyl (C=O) groups is 1. The Kier molecular flexibility index (Phi) is 3.49. The summed E-state index contributed by atoms with van der Waals surface area (Å²) in [6.45, 7) is 1.62. The molecule has 4 N–H and O–H groups in total. The lowest BCUT2D eigenvalue weighted by Gasteiger charge is -2.19. The van der Waals surface area contributed by atoms with Crippen LogP contribution in [0.25, 0.3) is 0 Å². The minimum absolute atomic E-state index is 0.430. The summed E-state index contributed by atoms with van der Waals surface area (Å²) in [4.78, 5) is 15.0. The second-order valence-corrected chi connectivity index (χ2v) is 4.23. The molecule has 0 spiro atoms. The zero-order chi connectivity index (χ0) is 10.6. The van der Waals surface area contributed by atoms with Gasteiger partial charge in [0.25, 0.3) is 0 Å². The van der Waals surface area contributed by atoms with Crippen LogP contribution in [0.4, 0.5) is 0 Å². The normalized spacial score (nSPS) is 14.7. The van der Waals surface area contributed by atoms with Crippen LogP contribution in [0, 0.1) is 0 Å². The minimum atomic E-state index is -0.984. The van der Waals surface area contributed by atoms with Gasteiger partial charge in [-0.1, -0.05) is 6.07 Å². The molecule has 0 radical (unpaired) electrons. The first-order valence-corrected chi connectivity index (χ1v) is 5.13. The summed E-state index contributed by atoms with van der Waals surface area (Å²) in [5.74, 6) is -0.0692. The Morgan fingerprint density at radius 3 is 2.86 bits per heavy atom. The van der Waals surface area contributed by atoms with Gasteiger partial charge in [0.2, 0.25) is 5.91 Å². The van der Waals surface area contributed by atoms with Gasteiger partial charge in [-0.05, 0) is 19.1 Å². The highest BCUT2D eigenvalue weighted by Crippen LogP contribution is 2.18. The third kappa shape index (κ3) is 3.01. The highest BCUT2D eigenvalue weighted by molar-refractivity contribution is 7.99. The van der Waals surface area contributed by atoms with E-state index in [-0.39, 0.29) is 0 Å². The van der Waals surface area contributed by atoms with Gasteiger partial charge in [-0.2, -0.15) is 0 Å². The number of nitrogens with zero attached hydrogens (tertiary/aromatic N) is 1. The molecule has 14 heavy (non-hydrogen) atoms. The Labute approximate surface area is 87.1 Å². The molecule has 1 aromatic rings. The van der Waals surface area contributed by atoms with E-state index in [4.69, 9.17) is 11.5 Å². The van der Waals surface area contributed by atoms with Crippen LogP contribution >= 0.6 is 11.8 Å². The van der Waals surface area contributed by atoms with E-state index in [1.165, 1.54) is 11.8 Å². The fourth-order valence-electron chi connectivity index (χ4n) is 0.727. The second kappa shape index (κ2) is 4.43. The van der Waals surface area contributed by atoms with Crippen molar-refractivity contribution < 1.29 is 4.79 Å². The maximum absolute atomic E-state index is 10.9. The topological polar surface area (TPSA) is 82.0 Å². The van der Waals surface area contributed by atoms with Crippen LogP contribution in [0.2, 0.25) is 0 Å². The zero-order valence-corrected chi connectivity index (χ0v) is 8.75. The fraction of sp³-hybridized carbons (Fsp3) is 0.333. The van der Waals surface area contributed by atoms with Gasteiger partial charge >= 0.3 is 0 Å². The predicted octanol–water partition coefficient (Wildman–Crippen LogP) is 0.376. The van der Waals surface area contributed by atoms with Crippen molar-refractivity contribution in [2.24, 2.45) is 11.5 Å². The number of primary amides is 1. The van der Waals surface area contributed by atoms with Crippen molar-refractivity contribution in [1.29, 1.82) is 0 Å². The molecular formula is C9H13N3OS. The maximum atomic E-state index is 10.9. The summed E-state index contributed by atoms with van der Waals surface area (Å²) in [6, 6.07) is 5.58. The van der Waals surface area contributed by atoms with Crippen molar-refractivity contribution in [2.45, 2.75) is 17.5 Å². The van der Waals surface area contributed by atoms with Crippen LogP contribution < -0.4 is 11.5 Å². The van der Waals surface area contributed by atoms with Crippen LogP contribution in [-0.4, -0.2) is 22.2 Å². The van der Waals surface area contributed by atoms with Crippen molar-refractivity contribution in [3.63, 3.8) is 0 Å². The van der Waals surface area contributed by atoms with Crippen molar-refractivity contribution in [3.05, 3.63) is 24.4 Å². The molecule has 0 aliphatic rings. The van der Waals surface area contributed by atoms with Gasteiger partial charge in [0, 0.05) is 11.9 Å². The molecule has 1 rings (SSSR count). The zero-order valence-electron chi connectivity index (χ0n) is 7.93. The molecule has 0 fully saturated rings. The van der Waals surface area contributed by atoms with Gasteiger partial charge in [0.05, 0.1) is 5.03 Å². The third-order valence-corrected chi connectivity index (χ3v) is 3.00. The number of rotatable bonds is 4.